The molecule has 0 aliphatic heterocycles. The number of hydrogen-bond acceptors (Lipinski definition) is 5. The van der Waals surface area contributed by atoms with Gasteiger partial charge in [-0.3, -0.25) is 9.89 Å². The summed E-state index contributed by atoms with van der Waals surface area (Å²) in [5, 5.41) is 12.8. The van der Waals surface area contributed by atoms with Gasteiger partial charge in [0, 0.05) is 0 Å². The van der Waals surface area contributed by atoms with Gasteiger partial charge in [0.2, 0.25) is 11.1 Å². The van der Waals surface area contributed by atoms with Gasteiger partial charge in [0.1, 0.15) is 0 Å². The summed E-state index contributed by atoms with van der Waals surface area (Å²) in [5.41, 5.74) is 1.14. The number of rotatable bonds is 8. The molecular formula is C19H22N4OS2. The number of thiophene rings is 1. The zero-order valence-corrected chi connectivity index (χ0v) is 16.4. The van der Waals surface area contributed by atoms with Gasteiger partial charge in [0.15, 0.2) is 5.82 Å². The molecule has 0 saturated carbocycles. The quantitative estimate of drug-likeness (QED) is 0.558. The van der Waals surface area contributed by atoms with Crippen LogP contribution in [0.3, 0.4) is 0 Å². The molecule has 1 aromatic carbocycles. The highest BCUT2D eigenvalue weighted by Gasteiger charge is 2.17. The van der Waals surface area contributed by atoms with Crippen molar-refractivity contribution in [3.8, 4) is 10.7 Å². The van der Waals surface area contributed by atoms with Crippen LogP contribution in [-0.2, 0) is 4.79 Å². The largest absolute Gasteiger partial charge is 0.349 e. The molecule has 0 aliphatic carbocycles. The lowest BCUT2D eigenvalue weighted by Crippen LogP contribution is -2.30. The summed E-state index contributed by atoms with van der Waals surface area (Å²) >= 11 is 2.94. The van der Waals surface area contributed by atoms with Crippen LogP contribution in [0.25, 0.3) is 10.7 Å². The number of H-pyrrole nitrogens is 1. The highest BCUT2D eigenvalue weighted by atomic mass is 32.2. The lowest BCUT2D eigenvalue weighted by molar-refractivity contribution is -0.119. The van der Waals surface area contributed by atoms with Crippen LogP contribution >= 0.6 is 23.1 Å². The number of nitrogens with one attached hydrogen (secondary N) is 2. The van der Waals surface area contributed by atoms with Crippen molar-refractivity contribution in [2.45, 2.75) is 31.5 Å². The molecule has 7 heteroatoms. The number of benzene rings is 1. The second-order valence-electron chi connectivity index (χ2n) is 6.39. The average Bonchev–Trinajstić information content (AvgIpc) is 3.31. The fraction of sp³-hybridized carbons (Fsp3) is 0.316. The van der Waals surface area contributed by atoms with Crippen molar-refractivity contribution in [1.29, 1.82) is 0 Å². The van der Waals surface area contributed by atoms with E-state index in [-0.39, 0.29) is 11.9 Å². The fourth-order valence-electron chi connectivity index (χ4n) is 2.64. The smallest absolute Gasteiger partial charge is 0.230 e. The Hall–Kier alpha value is -2.12. The predicted molar refractivity (Wildman–Crippen MR) is 107 cm³/mol. The Morgan fingerprint density at radius 2 is 2.04 bits per heavy atom. The van der Waals surface area contributed by atoms with Gasteiger partial charge in [-0.25, -0.2) is 4.98 Å². The van der Waals surface area contributed by atoms with E-state index >= 15 is 0 Å². The van der Waals surface area contributed by atoms with E-state index in [1.54, 1.807) is 11.3 Å². The molecule has 0 saturated heterocycles. The van der Waals surface area contributed by atoms with Crippen LogP contribution in [0.5, 0.6) is 0 Å². The zero-order valence-electron chi connectivity index (χ0n) is 14.8. The van der Waals surface area contributed by atoms with Crippen LogP contribution in [0.15, 0.2) is 53.0 Å². The molecule has 26 heavy (non-hydrogen) atoms. The van der Waals surface area contributed by atoms with Crippen molar-refractivity contribution in [2.24, 2.45) is 5.92 Å². The van der Waals surface area contributed by atoms with Crippen LogP contribution < -0.4 is 5.32 Å². The summed E-state index contributed by atoms with van der Waals surface area (Å²) in [6, 6.07) is 14.1. The van der Waals surface area contributed by atoms with Gasteiger partial charge in [-0.05, 0) is 29.3 Å². The first-order valence-corrected chi connectivity index (χ1v) is 10.4. The molecule has 3 rings (SSSR count). The molecule has 0 fully saturated rings. The van der Waals surface area contributed by atoms with Crippen molar-refractivity contribution in [2.75, 3.05) is 5.75 Å². The van der Waals surface area contributed by atoms with E-state index < -0.39 is 0 Å². The first kappa shape index (κ1) is 18.7. The second kappa shape index (κ2) is 9.00. The molecule has 1 atom stereocenters. The maximum Gasteiger partial charge on any atom is 0.230 e. The molecule has 3 aromatic rings. The van der Waals surface area contributed by atoms with Crippen molar-refractivity contribution >= 4 is 29.0 Å². The molecule has 0 aliphatic rings. The van der Waals surface area contributed by atoms with E-state index in [1.165, 1.54) is 11.8 Å². The number of carbonyl (C=O) groups is 1. The number of hydrogen-bond donors (Lipinski definition) is 2. The molecule has 0 unspecified atom stereocenters. The molecule has 5 nitrogen and oxygen atoms in total. The second-order valence-corrected chi connectivity index (χ2v) is 8.28. The fourth-order valence-corrected chi connectivity index (χ4v) is 3.91. The van der Waals surface area contributed by atoms with Crippen LogP contribution in [0, 0.1) is 5.92 Å². The predicted octanol–water partition coefficient (Wildman–Crippen LogP) is 4.53. The highest BCUT2D eigenvalue weighted by Crippen LogP contribution is 2.24. The Morgan fingerprint density at radius 3 is 2.73 bits per heavy atom. The van der Waals surface area contributed by atoms with Gasteiger partial charge in [-0.15, -0.1) is 16.4 Å². The van der Waals surface area contributed by atoms with Gasteiger partial charge < -0.3 is 5.32 Å². The van der Waals surface area contributed by atoms with E-state index in [9.17, 15) is 4.79 Å². The monoisotopic (exact) mass is 386 g/mol. The number of carbonyl (C=O) groups excluding carboxylic acids is 1. The van der Waals surface area contributed by atoms with Gasteiger partial charge >= 0.3 is 0 Å². The first-order chi connectivity index (χ1) is 12.6. The maximum atomic E-state index is 12.4. The van der Waals surface area contributed by atoms with E-state index in [0.29, 0.717) is 16.8 Å². The molecule has 0 bridgehead atoms. The van der Waals surface area contributed by atoms with Crippen LogP contribution in [0.4, 0.5) is 0 Å². The third-order valence-corrected chi connectivity index (χ3v) is 5.52. The highest BCUT2D eigenvalue weighted by molar-refractivity contribution is 7.99. The van der Waals surface area contributed by atoms with Crippen LogP contribution in [0.2, 0.25) is 0 Å². The number of aromatic amines is 1. The summed E-state index contributed by atoms with van der Waals surface area (Å²) < 4.78 is 0. The molecular weight excluding hydrogens is 364 g/mol. The van der Waals surface area contributed by atoms with Crippen LogP contribution in [0.1, 0.15) is 31.9 Å². The van der Waals surface area contributed by atoms with Gasteiger partial charge in [0.25, 0.3) is 0 Å². The Bertz CT molecular complexity index is 815. The minimum atomic E-state index is -0.00743. The Labute approximate surface area is 161 Å². The lowest BCUT2D eigenvalue weighted by atomic mass is 9.97. The van der Waals surface area contributed by atoms with Gasteiger partial charge in [0.05, 0.1) is 16.7 Å². The Kier molecular flexibility index (Phi) is 6.46. The lowest BCUT2D eigenvalue weighted by Gasteiger charge is -2.21. The summed E-state index contributed by atoms with van der Waals surface area (Å²) in [7, 11) is 0. The van der Waals surface area contributed by atoms with Crippen molar-refractivity contribution in [3.63, 3.8) is 0 Å². The molecule has 136 valence electrons. The minimum absolute atomic E-state index is 0.00743. The summed E-state index contributed by atoms with van der Waals surface area (Å²) in [5.74, 6) is 1.52. The zero-order chi connectivity index (χ0) is 18.4. The number of amides is 1. The van der Waals surface area contributed by atoms with Crippen molar-refractivity contribution < 1.29 is 4.79 Å². The molecule has 1 amide bonds. The SMILES string of the molecule is CC(C)C[C@@H](NC(=O)CSc1n[nH]c(-c2cccs2)n1)c1ccccc1. The molecule has 0 spiro atoms. The third kappa shape index (κ3) is 5.19. The first-order valence-electron chi connectivity index (χ1n) is 8.55. The average molecular weight is 387 g/mol. The standard InChI is InChI=1S/C19H22N4OS2/c1-13(2)11-15(14-7-4-3-5-8-14)20-17(24)12-26-19-21-18(22-23-19)16-9-6-10-25-16/h3-10,13,15H,11-12H2,1-2H3,(H,20,24)(H,21,22,23)/t15-/m1/s1. The van der Waals surface area contributed by atoms with Gasteiger partial charge in [-0.2, -0.15) is 0 Å². The van der Waals surface area contributed by atoms with Crippen LogP contribution in [-0.4, -0.2) is 26.8 Å². The van der Waals surface area contributed by atoms with E-state index in [1.807, 2.05) is 35.7 Å². The number of aromatic nitrogens is 3. The topological polar surface area (TPSA) is 70.7 Å². The molecule has 2 aromatic heterocycles. The van der Waals surface area contributed by atoms with E-state index in [2.05, 4.69) is 46.5 Å². The summed E-state index contributed by atoms with van der Waals surface area (Å²) in [4.78, 5) is 17.9. The summed E-state index contributed by atoms with van der Waals surface area (Å²) in [6.07, 6.45) is 0.906. The Balaban J connectivity index is 1.57. The molecule has 2 heterocycles. The minimum Gasteiger partial charge on any atom is -0.349 e. The maximum absolute atomic E-state index is 12.4. The normalized spacial score (nSPS) is 12.3. The van der Waals surface area contributed by atoms with Gasteiger partial charge in [-0.1, -0.05) is 62.0 Å². The number of thioether (sulfide) groups is 1. The molecule has 2 N–H and O–H groups in total. The molecule has 0 radical (unpaired) electrons. The van der Waals surface area contributed by atoms with Crippen molar-refractivity contribution in [3.05, 3.63) is 53.4 Å². The third-order valence-electron chi connectivity index (χ3n) is 3.80. The van der Waals surface area contributed by atoms with E-state index in [4.69, 9.17) is 0 Å². The number of nitrogens with zero attached hydrogens (tertiary/aromatic N) is 2. The summed E-state index contributed by atoms with van der Waals surface area (Å²) in [6.45, 7) is 4.33. The Morgan fingerprint density at radius 1 is 1.23 bits per heavy atom. The van der Waals surface area contributed by atoms with E-state index in [0.717, 1.165) is 22.7 Å². The van der Waals surface area contributed by atoms with Crippen molar-refractivity contribution in [1.82, 2.24) is 20.5 Å².